The van der Waals surface area contributed by atoms with Crippen LogP contribution < -0.4 is 5.32 Å². The normalized spacial score (nSPS) is 10.2. The van der Waals surface area contributed by atoms with E-state index in [0.29, 0.717) is 22.8 Å². The molecule has 1 N–H and O–H groups in total. The minimum absolute atomic E-state index is 0.0201. The number of hydrogen-bond donors (Lipinski definition) is 1. The second-order valence-electron chi connectivity index (χ2n) is 4.26. The number of hydrogen-bond acceptors (Lipinski definition) is 4. The van der Waals surface area contributed by atoms with Crippen LogP contribution in [0, 0.1) is 0 Å². The first-order valence-electron chi connectivity index (χ1n) is 6.16. The molecule has 0 fully saturated rings. The maximum absolute atomic E-state index is 11.8. The molecule has 1 amide bonds. The summed E-state index contributed by atoms with van der Waals surface area (Å²) in [6.07, 6.45) is 1.61. The molecule has 0 aliphatic rings. The number of nitrogens with one attached hydrogen (secondary N) is 1. The van der Waals surface area contributed by atoms with E-state index in [9.17, 15) is 9.59 Å². The Balaban J connectivity index is 1.82. The van der Waals surface area contributed by atoms with Gasteiger partial charge in [0.1, 0.15) is 5.76 Å². The fourth-order valence-electron chi connectivity index (χ4n) is 1.65. The molecule has 0 radical (unpaired) electrons. The zero-order chi connectivity index (χ0) is 14.4. The average Bonchev–Trinajstić information content (AvgIpc) is 2.92. The van der Waals surface area contributed by atoms with Gasteiger partial charge < -0.3 is 9.73 Å². The highest BCUT2D eigenvalue weighted by Crippen LogP contribution is 2.14. The van der Waals surface area contributed by atoms with E-state index in [1.165, 1.54) is 18.7 Å². The van der Waals surface area contributed by atoms with Gasteiger partial charge in [-0.15, -0.1) is 11.8 Å². The number of benzene rings is 1. The summed E-state index contributed by atoms with van der Waals surface area (Å²) in [6.45, 7) is 1.50. The highest BCUT2D eigenvalue weighted by Gasteiger charge is 2.06. The van der Waals surface area contributed by atoms with Crippen molar-refractivity contribution in [3.05, 3.63) is 54.0 Å². The SMILES string of the molecule is CC(=O)c1cccc(NC(=O)CSCc2ccco2)c1. The number of thioether (sulfide) groups is 1. The van der Waals surface area contributed by atoms with Crippen molar-refractivity contribution in [3.8, 4) is 0 Å². The quantitative estimate of drug-likeness (QED) is 0.828. The van der Waals surface area contributed by atoms with Crippen LogP contribution >= 0.6 is 11.8 Å². The van der Waals surface area contributed by atoms with E-state index in [-0.39, 0.29) is 11.7 Å². The predicted molar refractivity (Wildman–Crippen MR) is 79.9 cm³/mol. The van der Waals surface area contributed by atoms with Gasteiger partial charge in [-0.1, -0.05) is 12.1 Å². The zero-order valence-electron chi connectivity index (χ0n) is 11.1. The van der Waals surface area contributed by atoms with E-state index in [0.717, 1.165) is 5.76 Å². The summed E-state index contributed by atoms with van der Waals surface area (Å²) in [4.78, 5) is 23.0. The Bertz CT molecular complexity index is 593. The Hall–Kier alpha value is -2.01. The minimum Gasteiger partial charge on any atom is -0.468 e. The van der Waals surface area contributed by atoms with Crippen LogP contribution in [0.3, 0.4) is 0 Å². The van der Waals surface area contributed by atoms with Crippen LogP contribution in [0.25, 0.3) is 0 Å². The van der Waals surface area contributed by atoms with Crippen LogP contribution in [-0.4, -0.2) is 17.4 Å². The van der Waals surface area contributed by atoms with Crippen molar-refractivity contribution in [1.29, 1.82) is 0 Å². The molecule has 1 aromatic carbocycles. The first-order chi connectivity index (χ1) is 9.65. The summed E-state index contributed by atoms with van der Waals surface area (Å²) in [5.41, 5.74) is 1.23. The number of furan rings is 1. The number of carbonyl (C=O) groups excluding carboxylic acids is 2. The zero-order valence-corrected chi connectivity index (χ0v) is 11.9. The molecular formula is C15H15NO3S. The highest BCUT2D eigenvalue weighted by atomic mass is 32.2. The van der Waals surface area contributed by atoms with Crippen LogP contribution in [0.15, 0.2) is 47.1 Å². The van der Waals surface area contributed by atoms with Crippen LogP contribution in [-0.2, 0) is 10.5 Å². The van der Waals surface area contributed by atoms with Crippen molar-refractivity contribution >= 4 is 29.1 Å². The Morgan fingerprint density at radius 2 is 2.10 bits per heavy atom. The molecule has 5 heteroatoms. The summed E-state index contributed by atoms with van der Waals surface area (Å²) < 4.78 is 5.19. The van der Waals surface area contributed by atoms with Gasteiger partial charge in [0.05, 0.1) is 17.8 Å². The lowest BCUT2D eigenvalue weighted by Crippen LogP contribution is -2.14. The number of Topliss-reactive ketones (excluding diaryl/α,β-unsaturated/α-hetero) is 1. The molecule has 0 bridgehead atoms. The number of carbonyl (C=O) groups is 2. The number of amides is 1. The summed E-state index contributed by atoms with van der Waals surface area (Å²) in [6, 6.07) is 10.6. The second kappa shape index (κ2) is 6.96. The molecule has 1 heterocycles. The average molecular weight is 289 g/mol. The fourth-order valence-corrected chi connectivity index (χ4v) is 2.38. The van der Waals surface area contributed by atoms with Crippen molar-refractivity contribution < 1.29 is 14.0 Å². The largest absolute Gasteiger partial charge is 0.468 e. The fraction of sp³-hybridized carbons (Fsp3) is 0.200. The van der Waals surface area contributed by atoms with E-state index in [1.807, 2.05) is 12.1 Å². The van der Waals surface area contributed by atoms with Gasteiger partial charge in [-0.25, -0.2) is 0 Å². The Kier molecular flexibility index (Phi) is 5.01. The van der Waals surface area contributed by atoms with Crippen molar-refractivity contribution in [2.24, 2.45) is 0 Å². The van der Waals surface area contributed by atoms with Crippen molar-refractivity contribution in [2.75, 3.05) is 11.1 Å². The number of anilines is 1. The first-order valence-corrected chi connectivity index (χ1v) is 7.31. The van der Waals surface area contributed by atoms with E-state index in [1.54, 1.807) is 30.5 Å². The van der Waals surface area contributed by atoms with Crippen LogP contribution in [0.1, 0.15) is 23.0 Å². The van der Waals surface area contributed by atoms with Crippen LogP contribution in [0.4, 0.5) is 5.69 Å². The molecule has 0 saturated heterocycles. The van der Waals surface area contributed by atoms with Crippen molar-refractivity contribution in [3.63, 3.8) is 0 Å². The molecule has 0 saturated carbocycles. The Morgan fingerprint density at radius 3 is 2.80 bits per heavy atom. The Morgan fingerprint density at radius 1 is 1.25 bits per heavy atom. The highest BCUT2D eigenvalue weighted by molar-refractivity contribution is 7.99. The van der Waals surface area contributed by atoms with Crippen molar-refractivity contribution in [1.82, 2.24) is 0 Å². The van der Waals surface area contributed by atoms with Crippen molar-refractivity contribution in [2.45, 2.75) is 12.7 Å². The van der Waals surface area contributed by atoms with Gasteiger partial charge in [0.15, 0.2) is 5.78 Å². The number of ketones is 1. The third kappa shape index (κ3) is 4.28. The van der Waals surface area contributed by atoms with E-state index < -0.39 is 0 Å². The monoisotopic (exact) mass is 289 g/mol. The summed E-state index contributed by atoms with van der Waals surface area (Å²) in [5, 5.41) is 2.77. The van der Waals surface area contributed by atoms with Gasteiger partial charge in [-0.05, 0) is 31.2 Å². The minimum atomic E-state index is -0.0951. The molecule has 0 aliphatic carbocycles. The molecular weight excluding hydrogens is 274 g/mol. The number of rotatable bonds is 6. The van der Waals surface area contributed by atoms with E-state index in [2.05, 4.69) is 5.32 Å². The third-order valence-corrected chi connectivity index (χ3v) is 3.57. The van der Waals surface area contributed by atoms with Gasteiger partial charge in [0.2, 0.25) is 5.91 Å². The van der Waals surface area contributed by atoms with Crippen LogP contribution in [0.5, 0.6) is 0 Å². The topological polar surface area (TPSA) is 59.3 Å². The van der Waals surface area contributed by atoms with Gasteiger partial charge in [0, 0.05) is 11.3 Å². The predicted octanol–water partition coefficient (Wildman–Crippen LogP) is 3.35. The van der Waals surface area contributed by atoms with Gasteiger partial charge in [0.25, 0.3) is 0 Å². The molecule has 0 spiro atoms. The molecule has 4 nitrogen and oxygen atoms in total. The lowest BCUT2D eigenvalue weighted by molar-refractivity contribution is -0.113. The van der Waals surface area contributed by atoms with E-state index >= 15 is 0 Å². The lowest BCUT2D eigenvalue weighted by Gasteiger charge is -2.06. The van der Waals surface area contributed by atoms with Gasteiger partial charge in [-0.2, -0.15) is 0 Å². The smallest absolute Gasteiger partial charge is 0.234 e. The first kappa shape index (κ1) is 14.4. The molecule has 1 aromatic heterocycles. The summed E-state index contributed by atoms with van der Waals surface area (Å²) in [5.74, 6) is 1.73. The molecule has 0 aliphatic heterocycles. The van der Waals surface area contributed by atoms with Crippen LogP contribution in [0.2, 0.25) is 0 Å². The second-order valence-corrected chi connectivity index (χ2v) is 5.24. The molecule has 0 unspecified atom stereocenters. The standard InChI is InChI=1S/C15H15NO3S/c1-11(17)12-4-2-5-13(8-12)16-15(18)10-20-9-14-6-3-7-19-14/h2-8H,9-10H2,1H3,(H,16,18). The van der Waals surface area contributed by atoms with Gasteiger partial charge >= 0.3 is 0 Å². The third-order valence-electron chi connectivity index (χ3n) is 2.61. The maximum atomic E-state index is 11.8. The summed E-state index contributed by atoms with van der Waals surface area (Å²) >= 11 is 1.48. The Labute approximate surface area is 121 Å². The maximum Gasteiger partial charge on any atom is 0.234 e. The molecule has 2 rings (SSSR count). The molecule has 20 heavy (non-hydrogen) atoms. The van der Waals surface area contributed by atoms with Gasteiger partial charge in [-0.3, -0.25) is 9.59 Å². The summed E-state index contributed by atoms with van der Waals surface area (Å²) in [7, 11) is 0. The molecule has 104 valence electrons. The lowest BCUT2D eigenvalue weighted by atomic mass is 10.1. The molecule has 0 atom stereocenters. The molecule has 2 aromatic rings. The van der Waals surface area contributed by atoms with E-state index in [4.69, 9.17) is 4.42 Å².